The third-order valence-corrected chi connectivity index (χ3v) is 1.66. The maximum atomic E-state index is 11.1. The molecule has 0 aliphatic heterocycles. The summed E-state index contributed by atoms with van der Waals surface area (Å²) in [6.45, 7) is 8.54. The number of carbonyl (C=O) groups is 1. The highest BCUT2D eigenvalue weighted by atomic mass is 16.5. The van der Waals surface area contributed by atoms with Crippen LogP contribution in [0.25, 0.3) is 0 Å². The van der Waals surface area contributed by atoms with Crippen molar-refractivity contribution < 1.29 is 9.53 Å². The summed E-state index contributed by atoms with van der Waals surface area (Å²) < 4.78 is 5.41. The van der Waals surface area contributed by atoms with Crippen LogP contribution in [0.3, 0.4) is 0 Å². The number of carbonyl (C=O) groups excluding carboxylic acids is 1. The van der Waals surface area contributed by atoms with E-state index in [0.717, 1.165) is 12.8 Å². The monoisotopic (exact) mass is 172 g/mol. The van der Waals surface area contributed by atoms with Gasteiger partial charge in [0.25, 0.3) is 0 Å². The number of rotatable bonds is 6. The number of hydrogen-bond donors (Lipinski definition) is 0. The number of ketones is 1. The van der Waals surface area contributed by atoms with Crippen molar-refractivity contribution in [1.29, 1.82) is 0 Å². The van der Waals surface area contributed by atoms with Gasteiger partial charge in [-0.3, -0.25) is 4.79 Å². The highest BCUT2D eigenvalue weighted by Crippen LogP contribution is 2.09. The molecular formula is C10H20O2. The minimum atomic E-state index is -0.176. The van der Waals surface area contributed by atoms with Crippen LogP contribution in [0.2, 0.25) is 0 Å². The molecule has 0 aromatic heterocycles. The molecule has 0 rings (SSSR count). The van der Waals surface area contributed by atoms with Crippen molar-refractivity contribution in [2.75, 3.05) is 6.61 Å². The molecule has 0 fully saturated rings. The fourth-order valence-corrected chi connectivity index (χ4v) is 1.04. The van der Waals surface area contributed by atoms with Crippen molar-refractivity contribution in [3.63, 3.8) is 0 Å². The maximum Gasteiger partial charge on any atom is 0.158 e. The Bertz CT molecular complexity index is 130. The molecule has 2 heteroatoms. The third kappa shape index (κ3) is 5.30. The zero-order valence-corrected chi connectivity index (χ0v) is 8.59. The van der Waals surface area contributed by atoms with Gasteiger partial charge in [-0.15, -0.1) is 0 Å². The summed E-state index contributed by atoms with van der Waals surface area (Å²) in [5, 5.41) is 0. The largest absolute Gasteiger partial charge is 0.370 e. The molecule has 0 N–H and O–H groups in total. The molecule has 0 bridgehead atoms. The standard InChI is InChI=1S/C10H20O2/c1-5-6-12-10(9(4)11)7-8(2)3/h8,10H,5-7H2,1-4H3. The molecule has 12 heavy (non-hydrogen) atoms. The zero-order chi connectivity index (χ0) is 9.56. The molecule has 0 heterocycles. The summed E-state index contributed by atoms with van der Waals surface area (Å²) in [4.78, 5) is 11.1. The van der Waals surface area contributed by atoms with Crippen LogP contribution in [0.15, 0.2) is 0 Å². The predicted molar refractivity (Wildman–Crippen MR) is 50.2 cm³/mol. The van der Waals surface area contributed by atoms with Gasteiger partial charge in [0.15, 0.2) is 5.78 Å². The Morgan fingerprint density at radius 1 is 1.42 bits per heavy atom. The SMILES string of the molecule is CCCOC(CC(C)C)C(C)=O. The first kappa shape index (κ1) is 11.6. The summed E-state index contributed by atoms with van der Waals surface area (Å²) >= 11 is 0. The van der Waals surface area contributed by atoms with Crippen LogP contribution in [-0.2, 0) is 9.53 Å². The number of Topliss-reactive ketones (excluding diaryl/α,β-unsaturated/α-hetero) is 1. The Labute approximate surface area is 75.3 Å². The van der Waals surface area contributed by atoms with Gasteiger partial charge in [-0.2, -0.15) is 0 Å². The third-order valence-electron chi connectivity index (χ3n) is 1.66. The van der Waals surface area contributed by atoms with Gasteiger partial charge >= 0.3 is 0 Å². The summed E-state index contributed by atoms with van der Waals surface area (Å²) in [7, 11) is 0. The van der Waals surface area contributed by atoms with E-state index in [-0.39, 0.29) is 11.9 Å². The second-order valence-electron chi connectivity index (χ2n) is 3.60. The Morgan fingerprint density at radius 2 is 2.00 bits per heavy atom. The minimum Gasteiger partial charge on any atom is -0.370 e. The Balaban J connectivity index is 3.78. The van der Waals surface area contributed by atoms with Gasteiger partial charge in [-0.25, -0.2) is 0 Å². The van der Waals surface area contributed by atoms with E-state index < -0.39 is 0 Å². The second kappa shape index (κ2) is 6.18. The first-order valence-corrected chi connectivity index (χ1v) is 4.70. The van der Waals surface area contributed by atoms with Gasteiger partial charge in [-0.1, -0.05) is 20.8 Å². The van der Waals surface area contributed by atoms with Crippen LogP contribution in [0.4, 0.5) is 0 Å². The van der Waals surface area contributed by atoms with E-state index >= 15 is 0 Å². The van der Waals surface area contributed by atoms with E-state index in [1.807, 2.05) is 6.92 Å². The van der Waals surface area contributed by atoms with Crippen LogP contribution >= 0.6 is 0 Å². The lowest BCUT2D eigenvalue weighted by molar-refractivity contribution is -0.129. The predicted octanol–water partition coefficient (Wildman–Crippen LogP) is 2.42. The van der Waals surface area contributed by atoms with Crippen molar-refractivity contribution in [2.45, 2.75) is 46.6 Å². The quantitative estimate of drug-likeness (QED) is 0.615. The molecule has 2 nitrogen and oxygen atoms in total. The van der Waals surface area contributed by atoms with E-state index in [2.05, 4.69) is 13.8 Å². The topological polar surface area (TPSA) is 26.3 Å². The van der Waals surface area contributed by atoms with E-state index in [0.29, 0.717) is 12.5 Å². The molecule has 0 saturated heterocycles. The smallest absolute Gasteiger partial charge is 0.158 e. The van der Waals surface area contributed by atoms with E-state index in [1.165, 1.54) is 0 Å². The lowest BCUT2D eigenvalue weighted by Gasteiger charge is -2.16. The Hall–Kier alpha value is -0.370. The van der Waals surface area contributed by atoms with E-state index in [9.17, 15) is 4.79 Å². The summed E-state index contributed by atoms with van der Waals surface area (Å²) in [5.41, 5.74) is 0. The van der Waals surface area contributed by atoms with E-state index in [1.54, 1.807) is 6.92 Å². The molecule has 0 aliphatic rings. The summed E-state index contributed by atoms with van der Waals surface area (Å²) in [6.07, 6.45) is 1.64. The molecule has 0 spiro atoms. The minimum absolute atomic E-state index is 0.150. The highest BCUT2D eigenvalue weighted by molar-refractivity contribution is 5.80. The molecule has 0 aromatic rings. The van der Waals surface area contributed by atoms with Gasteiger partial charge in [0.05, 0.1) is 0 Å². The molecule has 1 unspecified atom stereocenters. The van der Waals surface area contributed by atoms with Crippen molar-refractivity contribution in [1.82, 2.24) is 0 Å². The first-order valence-electron chi connectivity index (χ1n) is 4.70. The van der Waals surface area contributed by atoms with Gasteiger partial charge in [0.2, 0.25) is 0 Å². The van der Waals surface area contributed by atoms with E-state index in [4.69, 9.17) is 4.74 Å². The molecular weight excluding hydrogens is 152 g/mol. The van der Waals surface area contributed by atoms with Crippen molar-refractivity contribution in [2.24, 2.45) is 5.92 Å². The van der Waals surface area contributed by atoms with Crippen LogP contribution in [-0.4, -0.2) is 18.5 Å². The van der Waals surface area contributed by atoms with Crippen LogP contribution in [0, 0.1) is 5.92 Å². The summed E-state index contributed by atoms with van der Waals surface area (Å²) in [5.74, 6) is 0.674. The molecule has 0 radical (unpaired) electrons. The number of ether oxygens (including phenoxy) is 1. The molecule has 0 aliphatic carbocycles. The Kier molecular flexibility index (Phi) is 5.99. The van der Waals surface area contributed by atoms with Crippen LogP contribution in [0.5, 0.6) is 0 Å². The lowest BCUT2D eigenvalue weighted by Crippen LogP contribution is -2.24. The zero-order valence-electron chi connectivity index (χ0n) is 8.59. The average molecular weight is 172 g/mol. The molecule has 0 aromatic carbocycles. The molecule has 72 valence electrons. The molecule has 0 saturated carbocycles. The van der Waals surface area contributed by atoms with Crippen molar-refractivity contribution >= 4 is 5.78 Å². The fourth-order valence-electron chi connectivity index (χ4n) is 1.04. The van der Waals surface area contributed by atoms with Crippen molar-refractivity contribution in [3.8, 4) is 0 Å². The van der Waals surface area contributed by atoms with Gasteiger partial charge < -0.3 is 4.74 Å². The van der Waals surface area contributed by atoms with Gasteiger partial charge in [-0.05, 0) is 25.7 Å². The second-order valence-corrected chi connectivity index (χ2v) is 3.60. The maximum absolute atomic E-state index is 11.1. The average Bonchev–Trinajstić information content (AvgIpc) is 1.96. The van der Waals surface area contributed by atoms with Crippen LogP contribution in [0.1, 0.15) is 40.5 Å². The van der Waals surface area contributed by atoms with Gasteiger partial charge in [0.1, 0.15) is 6.10 Å². The highest BCUT2D eigenvalue weighted by Gasteiger charge is 2.15. The fraction of sp³-hybridized carbons (Fsp3) is 0.900. The normalized spacial score (nSPS) is 13.4. The Morgan fingerprint density at radius 3 is 2.33 bits per heavy atom. The van der Waals surface area contributed by atoms with Crippen molar-refractivity contribution in [3.05, 3.63) is 0 Å². The van der Waals surface area contributed by atoms with Crippen LogP contribution < -0.4 is 0 Å². The molecule has 0 amide bonds. The number of hydrogen-bond acceptors (Lipinski definition) is 2. The van der Waals surface area contributed by atoms with Gasteiger partial charge in [0, 0.05) is 6.61 Å². The molecule has 1 atom stereocenters. The summed E-state index contributed by atoms with van der Waals surface area (Å²) in [6, 6.07) is 0. The lowest BCUT2D eigenvalue weighted by atomic mass is 10.0. The first-order chi connectivity index (χ1) is 5.57.